The number of benzene rings is 2. The predicted octanol–water partition coefficient (Wildman–Crippen LogP) is 4.72. The van der Waals surface area contributed by atoms with Crippen molar-refractivity contribution in [2.24, 2.45) is 0 Å². The maximum Gasteiger partial charge on any atom is 0.573 e. The fourth-order valence-electron chi connectivity index (χ4n) is 3.11. The molecular weight excluding hydrogens is 449 g/mol. The van der Waals surface area contributed by atoms with Gasteiger partial charge in [-0.3, -0.25) is 10.2 Å². The summed E-state index contributed by atoms with van der Waals surface area (Å²) in [6.07, 6.45) is -4.60. The topological polar surface area (TPSA) is 102 Å². The van der Waals surface area contributed by atoms with Crippen LogP contribution in [0.25, 0.3) is 22.8 Å². The number of aromatic nitrogens is 6. The van der Waals surface area contributed by atoms with Crippen molar-refractivity contribution < 1.29 is 22.6 Å². The second-order valence-electron chi connectivity index (χ2n) is 6.69. The van der Waals surface area contributed by atoms with Crippen molar-refractivity contribution in [1.29, 1.82) is 0 Å². The summed E-state index contributed by atoms with van der Waals surface area (Å²) in [5.41, 5.74) is 1.38. The molecule has 0 radical (unpaired) electrons. The van der Waals surface area contributed by atoms with Gasteiger partial charge in [0, 0.05) is 6.42 Å². The molecule has 2 aromatic heterocycles. The van der Waals surface area contributed by atoms with Crippen molar-refractivity contribution >= 4 is 11.6 Å². The molecule has 0 bridgehead atoms. The fraction of sp³-hybridized carbons (Fsp3) is 0.200. The number of rotatable bonds is 6. The minimum atomic E-state index is -4.83. The minimum Gasteiger partial charge on any atom is -0.494 e. The third-order valence-corrected chi connectivity index (χ3v) is 4.88. The quantitative estimate of drug-likeness (QED) is 0.428. The van der Waals surface area contributed by atoms with Gasteiger partial charge < -0.3 is 9.47 Å². The molecule has 12 heteroatoms. The largest absolute Gasteiger partial charge is 0.573 e. The molecule has 166 valence electrons. The Labute approximate surface area is 184 Å². The number of nitrogens with zero attached hydrogens (tertiary/aromatic N) is 4. The molecule has 0 fully saturated rings. The van der Waals surface area contributed by atoms with Gasteiger partial charge in [-0.1, -0.05) is 29.8 Å². The fourth-order valence-corrected chi connectivity index (χ4v) is 3.42. The third-order valence-electron chi connectivity index (χ3n) is 4.46. The van der Waals surface area contributed by atoms with Crippen LogP contribution >= 0.6 is 11.6 Å². The van der Waals surface area contributed by atoms with Gasteiger partial charge in [-0.25, -0.2) is 9.97 Å². The van der Waals surface area contributed by atoms with Gasteiger partial charge in [-0.2, -0.15) is 10.2 Å². The van der Waals surface area contributed by atoms with Crippen LogP contribution in [-0.4, -0.2) is 43.8 Å². The molecular formula is C20H16ClF3N6O2. The maximum atomic E-state index is 12.7. The Bertz CT molecular complexity index is 1250. The highest BCUT2D eigenvalue weighted by Gasteiger charge is 2.32. The van der Waals surface area contributed by atoms with Crippen LogP contribution in [0, 0.1) is 6.92 Å². The molecule has 0 aliphatic heterocycles. The lowest BCUT2D eigenvalue weighted by Crippen LogP contribution is -2.17. The Morgan fingerprint density at radius 3 is 2.38 bits per heavy atom. The molecule has 32 heavy (non-hydrogen) atoms. The molecule has 0 atom stereocenters. The standard InChI is InChI=1S/C20H16ClF3N6O2/c1-10-25-19(29-27-10)13-8-7-11(16(21)17(13)31-2)9-15-26-18(30-28-15)12-5-3-4-6-14(12)32-20(22,23)24/h3-8H,9H2,1-2H3,(H,25,27,29)(H,26,28,30). The lowest BCUT2D eigenvalue weighted by Gasteiger charge is -2.11. The van der Waals surface area contributed by atoms with Gasteiger partial charge in [0.2, 0.25) is 0 Å². The van der Waals surface area contributed by atoms with Crippen molar-refractivity contribution in [2.45, 2.75) is 19.7 Å². The van der Waals surface area contributed by atoms with E-state index in [0.29, 0.717) is 39.4 Å². The number of ether oxygens (including phenoxy) is 2. The number of hydrogen-bond acceptors (Lipinski definition) is 6. The van der Waals surface area contributed by atoms with Crippen molar-refractivity contribution in [1.82, 2.24) is 30.4 Å². The summed E-state index contributed by atoms with van der Waals surface area (Å²) in [6, 6.07) is 9.18. The summed E-state index contributed by atoms with van der Waals surface area (Å²) in [5.74, 6) is 1.55. The second kappa shape index (κ2) is 8.50. The number of hydrogen-bond donors (Lipinski definition) is 2. The highest BCUT2D eigenvalue weighted by molar-refractivity contribution is 6.33. The number of aryl methyl sites for hydroxylation is 1. The first-order valence-electron chi connectivity index (χ1n) is 9.26. The predicted molar refractivity (Wildman–Crippen MR) is 109 cm³/mol. The number of aromatic amines is 2. The number of alkyl halides is 3. The van der Waals surface area contributed by atoms with Crippen LogP contribution in [0.1, 0.15) is 17.2 Å². The van der Waals surface area contributed by atoms with Crippen LogP contribution in [0.15, 0.2) is 36.4 Å². The Kier molecular flexibility index (Phi) is 5.74. The molecule has 4 rings (SSSR count). The van der Waals surface area contributed by atoms with E-state index < -0.39 is 12.1 Å². The second-order valence-corrected chi connectivity index (χ2v) is 7.07. The third kappa shape index (κ3) is 4.52. The van der Waals surface area contributed by atoms with Crippen LogP contribution in [0.4, 0.5) is 13.2 Å². The van der Waals surface area contributed by atoms with E-state index in [4.69, 9.17) is 16.3 Å². The van der Waals surface area contributed by atoms with E-state index >= 15 is 0 Å². The first kappa shape index (κ1) is 21.6. The number of nitrogens with one attached hydrogen (secondary N) is 2. The molecule has 0 amide bonds. The SMILES string of the molecule is COc1c(-c2n[nH]c(C)n2)ccc(Cc2nc(-c3ccccc3OC(F)(F)F)n[nH]2)c1Cl. The Morgan fingerprint density at radius 2 is 1.69 bits per heavy atom. The maximum absolute atomic E-state index is 12.7. The lowest BCUT2D eigenvalue weighted by atomic mass is 10.1. The van der Waals surface area contributed by atoms with Crippen LogP contribution in [-0.2, 0) is 6.42 Å². The monoisotopic (exact) mass is 464 g/mol. The van der Waals surface area contributed by atoms with Gasteiger partial charge in [0.25, 0.3) is 0 Å². The number of H-pyrrole nitrogens is 2. The first-order chi connectivity index (χ1) is 15.2. The zero-order chi connectivity index (χ0) is 22.9. The normalized spacial score (nSPS) is 11.6. The Balaban J connectivity index is 1.62. The molecule has 0 saturated heterocycles. The van der Waals surface area contributed by atoms with E-state index in [2.05, 4.69) is 35.1 Å². The van der Waals surface area contributed by atoms with Gasteiger partial charge in [0.1, 0.15) is 23.1 Å². The Morgan fingerprint density at radius 1 is 0.969 bits per heavy atom. The van der Waals surface area contributed by atoms with E-state index in [1.54, 1.807) is 25.1 Å². The smallest absolute Gasteiger partial charge is 0.494 e. The van der Waals surface area contributed by atoms with Crippen molar-refractivity contribution in [3.63, 3.8) is 0 Å². The zero-order valence-corrected chi connectivity index (χ0v) is 17.5. The van der Waals surface area contributed by atoms with E-state index in [0.717, 1.165) is 0 Å². The van der Waals surface area contributed by atoms with Crippen molar-refractivity contribution in [3.05, 3.63) is 58.6 Å². The number of methoxy groups -OCH3 is 1. The van der Waals surface area contributed by atoms with Gasteiger partial charge in [-0.15, -0.1) is 13.2 Å². The molecule has 2 N–H and O–H groups in total. The van der Waals surface area contributed by atoms with E-state index in [1.165, 1.54) is 25.3 Å². The zero-order valence-electron chi connectivity index (χ0n) is 16.8. The van der Waals surface area contributed by atoms with E-state index in [9.17, 15) is 13.2 Å². The van der Waals surface area contributed by atoms with Crippen LogP contribution < -0.4 is 9.47 Å². The van der Waals surface area contributed by atoms with Gasteiger partial charge in [0.05, 0.1) is 23.3 Å². The first-order valence-corrected chi connectivity index (χ1v) is 9.64. The van der Waals surface area contributed by atoms with Crippen molar-refractivity contribution in [3.8, 4) is 34.3 Å². The molecule has 4 aromatic rings. The number of para-hydroxylation sites is 1. The average molecular weight is 465 g/mol. The number of halogens is 4. The summed E-state index contributed by atoms with van der Waals surface area (Å²) in [5, 5.41) is 14.0. The summed E-state index contributed by atoms with van der Waals surface area (Å²) in [4.78, 5) is 8.59. The molecule has 0 unspecified atom stereocenters. The molecule has 2 heterocycles. The highest BCUT2D eigenvalue weighted by atomic mass is 35.5. The van der Waals surface area contributed by atoms with E-state index in [1.807, 2.05) is 0 Å². The van der Waals surface area contributed by atoms with Gasteiger partial charge >= 0.3 is 6.36 Å². The van der Waals surface area contributed by atoms with E-state index in [-0.39, 0.29) is 17.8 Å². The van der Waals surface area contributed by atoms with Crippen molar-refractivity contribution in [2.75, 3.05) is 7.11 Å². The molecule has 0 saturated carbocycles. The summed E-state index contributed by atoms with van der Waals surface area (Å²) in [6.45, 7) is 1.78. The average Bonchev–Trinajstić information content (AvgIpc) is 3.37. The Hall–Kier alpha value is -3.60. The summed E-state index contributed by atoms with van der Waals surface area (Å²) >= 11 is 6.54. The van der Waals surface area contributed by atoms with Gasteiger partial charge in [-0.05, 0) is 30.7 Å². The highest BCUT2D eigenvalue weighted by Crippen LogP contribution is 2.38. The molecule has 0 aliphatic carbocycles. The van der Waals surface area contributed by atoms with Gasteiger partial charge in [0.15, 0.2) is 11.6 Å². The molecule has 0 spiro atoms. The molecule has 8 nitrogen and oxygen atoms in total. The summed E-state index contributed by atoms with van der Waals surface area (Å²) in [7, 11) is 1.48. The van der Waals surface area contributed by atoms with Crippen LogP contribution in [0.2, 0.25) is 5.02 Å². The molecule has 2 aromatic carbocycles. The molecule has 0 aliphatic rings. The summed E-state index contributed by atoms with van der Waals surface area (Å²) < 4.78 is 47.6. The lowest BCUT2D eigenvalue weighted by molar-refractivity contribution is -0.274. The van der Waals surface area contributed by atoms with Crippen LogP contribution in [0.5, 0.6) is 11.5 Å². The van der Waals surface area contributed by atoms with Crippen LogP contribution in [0.3, 0.4) is 0 Å². The minimum absolute atomic E-state index is 0.0655.